The van der Waals surface area contributed by atoms with Crippen LogP contribution in [0.15, 0.2) is 42.5 Å². The van der Waals surface area contributed by atoms with Gasteiger partial charge in [-0.25, -0.2) is 4.79 Å². The molecule has 0 atom stereocenters. The SMILES string of the molecule is COC(=O)c1ccc(OCCCc2ccc(O)cc2)c(C(=O)N2CCC(C(=O)OC)CC2)c1. The van der Waals surface area contributed by atoms with Crippen molar-refractivity contribution in [2.45, 2.75) is 25.7 Å². The highest BCUT2D eigenvalue weighted by molar-refractivity contribution is 6.00. The number of benzene rings is 2. The normalized spacial score (nSPS) is 13.9. The lowest BCUT2D eigenvalue weighted by Crippen LogP contribution is -2.40. The minimum Gasteiger partial charge on any atom is -0.508 e. The third kappa shape index (κ3) is 6.25. The van der Waals surface area contributed by atoms with E-state index in [9.17, 15) is 19.5 Å². The number of piperidine rings is 1. The molecule has 0 saturated carbocycles. The number of amides is 1. The zero-order valence-corrected chi connectivity index (χ0v) is 18.9. The molecule has 1 saturated heterocycles. The predicted molar refractivity (Wildman–Crippen MR) is 120 cm³/mol. The van der Waals surface area contributed by atoms with Crippen LogP contribution in [0.2, 0.25) is 0 Å². The minimum absolute atomic E-state index is 0.212. The Hall–Kier alpha value is -3.55. The summed E-state index contributed by atoms with van der Waals surface area (Å²) in [6, 6.07) is 11.7. The van der Waals surface area contributed by atoms with Gasteiger partial charge in [0.2, 0.25) is 0 Å². The number of hydrogen-bond donors (Lipinski definition) is 1. The highest BCUT2D eigenvalue weighted by Crippen LogP contribution is 2.26. The summed E-state index contributed by atoms with van der Waals surface area (Å²) < 4.78 is 15.5. The van der Waals surface area contributed by atoms with Crippen LogP contribution in [0, 0.1) is 5.92 Å². The van der Waals surface area contributed by atoms with Gasteiger partial charge in [-0.05, 0) is 61.6 Å². The molecule has 2 aromatic carbocycles. The molecule has 8 heteroatoms. The number of likely N-dealkylation sites (tertiary alicyclic amines) is 1. The van der Waals surface area contributed by atoms with E-state index in [0.29, 0.717) is 50.3 Å². The van der Waals surface area contributed by atoms with Crippen molar-refractivity contribution >= 4 is 17.8 Å². The standard InChI is InChI=1S/C25H29NO7/c1-31-24(29)18-11-13-26(14-12-18)23(28)21-16-19(25(30)32-2)7-10-22(21)33-15-3-4-17-5-8-20(27)9-6-17/h5-10,16,18,27H,3-4,11-15H2,1-2H3. The number of ether oxygens (including phenoxy) is 3. The number of phenols is 1. The lowest BCUT2D eigenvalue weighted by Gasteiger charge is -2.31. The number of carbonyl (C=O) groups is 3. The number of aromatic hydroxyl groups is 1. The van der Waals surface area contributed by atoms with Gasteiger partial charge in [0.05, 0.1) is 37.9 Å². The zero-order chi connectivity index (χ0) is 23.8. The summed E-state index contributed by atoms with van der Waals surface area (Å²) in [5.41, 5.74) is 1.63. The number of aryl methyl sites for hydroxylation is 1. The molecule has 1 amide bonds. The van der Waals surface area contributed by atoms with Gasteiger partial charge in [-0.3, -0.25) is 9.59 Å². The molecule has 176 valence electrons. The first-order valence-electron chi connectivity index (χ1n) is 10.9. The first-order valence-corrected chi connectivity index (χ1v) is 10.9. The third-order valence-electron chi connectivity index (χ3n) is 5.75. The maximum atomic E-state index is 13.3. The van der Waals surface area contributed by atoms with Gasteiger partial charge in [0.25, 0.3) is 5.91 Å². The van der Waals surface area contributed by atoms with Crippen molar-refractivity contribution in [2.24, 2.45) is 5.92 Å². The number of hydrogen-bond acceptors (Lipinski definition) is 7. The van der Waals surface area contributed by atoms with E-state index in [2.05, 4.69) is 0 Å². The molecule has 0 unspecified atom stereocenters. The largest absolute Gasteiger partial charge is 0.508 e. The summed E-state index contributed by atoms with van der Waals surface area (Å²) in [5, 5.41) is 9.38. The molecule has 1 heterocycles. The van der Waals surface area contributed by atoms with E-state index in [4.69, 9.17) is 14.2 Å². The minimum atomic E-state index is -0.535. The molecular weight excluding hydrogens is 426 g/mol. The van der Waals surface area contributed by atoms with E-state index in [0.717, 1.165) is 12.0 Å². The van der Waals surface area contributed by atoms with Crippen molar-refractivity contribution in [3.8, 4) is 11.5 Å². The van der Waals surface area contributed by atoms with Gasteiger partial charge in [0.1, 0.15) is 11.5 Å². The third-order valence-corrected chi connectivity index (χ3v) is 5.75. The van der Waals surface area contributed by atoms with Crippen LogP contribution in [0.25, 0.3) is 0 Å². The molecule has 33 heavy (non-hydrogen) atoms. The van der Waals surface area contributed by atoms with Gasteiger partial charge in [0.15, 0.2) is 0 Å². The van der Waals surface area contributed by atoms with Crippen molar-refractivity contribution in [3.63, 3.8) is 0 Å². The lowest BCUT2D eigenvalue weighted by atomic mass is 9.96. The fourth-order valence-electron chi connectivity index (χ4n) is 3.84. The number of methoxy groups -OCH3 is 2. The number of rotatable bonds is 8. The van der Waals surface area contributed by atoms with Crippen molar-refractivity contribution < 1.29 is 33.7 Å². The van der Waals surface area contributed by atoms with Crippen LogP contribution >= 0.6 is 0 Å². The van der Waals surface area contributed by atoms with Gasteiger partial charge in [-0.1, -0.05) is 12.1 Å². The Morgan fingerprint density at radius 3 is 2.33 bits per heavy atom. The monoisotopic (exact) mass is 455 g/mol. The van der Waals surface area contributed by atoms with E-state index in [1.807, 2.05) is 12.1 Å². The van der Waals surface area contributed by atoms with Crippen LogP contribution in [-0.2, 0) is 20.7 Å². The maximum Gasteiger partial charge on any atom is 0.337 e. The predicted octanol–water partition coefficient (Wildman–Crippen LogP) is 3.22. The van der Waals surface area contributed by atoms with Gasteiger partial charge in [0, 0.05) is 13.1 Å². The summed E-state index contributed by atoms with van der Waals surface area (Å²) >= 11 is 0. The second-order valence-corrected chi connectivity index (χ2v) is 7.91. The number of esters is 2. The summed E-state index contributed by atoms with van der Waals surface area (Å²) in [6.07, 6.45) is 2.52. The van der Waals surface area contributed by atoms with Gasteiger partial charge in [-0.2, -0.15) is 0 Å². The van der Waals surface area contributed by atoms with E-state index in [1.165, 1.54) is 20.3 Å². The van der Waals surface area contributed by atoms with Crippen molar-refractivity contribution in [1.82, 2.24) is 4.90 Å². The second-order valence-electron chi connectivity index (χ2n) is 7.91. The summed E-state index contributed by atoms with van der Waals surface area (Å²) in [4.78, 5) is 38.7. The quantitative estimate of drug-likeness (QED) is 0.482. The molecule has 1 aliphatic rings. The molecule has 2 aromatic rings. The van der Waals surface area contributed by atoms with Crippen LogP contribution in [0.4, 0.5) is 0 Å². The number of phenolic OH excluding ortho intramolecular Hbond substituents is 1. The molecule has 1 N–H and O–H groups in total. The van der Waals surface area contributed by atoms with Gasteiger partial charge < -0.3 is 24.2 Å². The highest BCUT2D eigenvalue weighted by atomic mass is 16.5. The molecule has 1 fully saturated rings. The fourth-order valence-corrected chi connectivity index (χ4v) is 3.84. The molecule has 0 spiro atoms. The van der Waals surface area contributed by atoms with Crippen molar-refractivity contribution in [2.75, 3.05) is 33.9 Å². The Bertz CT molecular complexity index is 979. The van der Waals surface area contributed by atoms with Crippen LogP contribution < -0.4 is 4.74 Å². The van der Waals surface area contributed by atoms with E-state index < -0.39 is 5.97 Å². The smallest absolute Gasteiger partial charge is 0.337 e. The zero-order valence-electron chi connectivity index (χ0n) is 18.9. The molecule has 8 nitrogen and oxygen atoms in total. The van der Waals surface area contributed by atoms with Gasteiger partial charge in [-0.15, -0.1) is 0 Å². The van der Waals surface area contributed by atoms with E-state index >= 15 is 0 Å². The Morgan fingerprint density at radius 2 is 1.70 bits per heavy atom. The molecular formula is C25H29NO7. The summed E-state index contributed by atoms with van der Waals surface area (Å²) in [5.74, 6) is -0.638. The first-order chi connectivity index (χ1) is 15.9. The topological polar surface area (TPSA) is 102 Å². The summed E-state index contributed by atoms with van der Waals surface area (Å²) in [6.45, 7) is 1.21. The van der Waals surface area contributed by atoms with Crippen LogP contribution in [0.1, 0.15) is 45.5 Å². The molecule has 0 aliphatic carbocycles. The first kappa shape index (κ1) is 24.1. The average Bonchev–Trinajstić information content (AvgIpc) is 2.86. The van der Waals surface area contributed by atoms with E-state index in [1.54, 1.807) is 29.2 Å². The number of nitrogens with zero attached hydrogens (tertiary/aromatic N) is 1. The second kappa shape index (κ2) is 11.4. The van der Waals surface area contributed by atoms with Crippen LogP contribution in [0.3, 0.4) is 0 Å². The Morgan fingerprint density at radius 1 is 1.00 bits per heavy atom. The molecule has 0 bridgehead atoms. The number of carbonyl (C=O) groups excluding carboxylic acids is 3. The van der Waals surface area contributed by atoms with Gasteiger partial charge >= 0.3 is 11.9 Å². The fraction of sp³-hybridized carbons (Fsp3) is 0.400. The Balaban J connectivity index is 1.68. The van der Waals surface area contributed by atoms with Crippen molar-refractivity contribution in [1.29, 1.82) is 0 Å². The molecule has 1 aliphatic heterocycles. The molecule has 3 rings (SSSR count). The van der Waals surface area contributed by atoms with Crippen LogP contribution in [-0.4, -0.2) is 61.8 Å². The summed E-state index contributed by atoms with van der Waals surface area (Å²) in [7, 11) is 2.65. The van der Waals surface area contributed by atoms with Crippen LogP contribution in [0.5, 0.6) is 11.5 Å². The molecule has 0 aromatic heterocycles. The van der Waals surface area contributed by atoms with Crippen molar-refractivity contribution in [3.05, 3.63) is 59.2 Å². The highest BCUT2D eigenvalue weighted by Gasteiger charge is 2.30. The average molecular weight is 456 g/mol. The molecule has 0 radical (unpaired) electrons. The van der Waals surface area contributed by atoms with E-state index in [-0.39, 0.29) is 29.1 Å². The Labute approximate surface area is 193 Å². The Kier molecular flexibility index (Phi) is 8.29. The maximum absolute atomic E-state index is 13.3. The lowest BCUT2D eigenvalue weighted by molar-refractivity contribution is -0.146.